The van der Waals surface area contributed by atoms with Gasteiger partial charge in [-0.15, -0.1) is 0 Å². The van der Waals surface area contributed by atoms with E-state index in [0.717, 1.165) is 5.69 Å². The summed E-state index contributed by atoms with van der Waals surface area (Å²) in [4.78, 5) is 22.6. The molecule has 0 unspecified atom stereocenters. The molecule has 0 radical (unpaired) electrons. The predicted octanol–water partition coefficient (Wildman–Crippen LogP) is 0.493. The summed E-state index contributed by atoms with van der Waals surface area (Å²) in [5.41, 5.74) is 12.2. The fourth-order valence-corrected chi connectivity index (χ4v) is 2.21. The molecule has 9 heteroatoms. The highest BCUT2D eigenvalue weighted by Crippen LogP contribution is 2.19. The number of aromatic nitrogens is 5. The number of rotatable bonds is 4. The Hall–Kier alpha value is -2.16. The Morgan fingerprint density at radius 1 is 1.10 bits per heavy atom. The third-order valence-corrected chi connectivity index (χ3v) is 3.11. The molecule has 0 bridgehead atoms. The maximum absolute atomic E-state index is 5.68. The van der Waals surface area contributed by atoms with Crippen LogP contribution in [0.5, 0.6) is 0 Å². The van der Waals surface area contributed by atoms with E-state index in [1.54, 1.807) is 11.0 Å². The van der Waals surface area contributed by atoms with Gasteiger partial charge in [-0.2, -0.15) is 15.0 Å². The SMILES string of the molecule is Cc1cc(N)nc(SCc2nc(N)nc(N(C)C)n2)n1. The normalized spacial score (nSPS) is 10.6. The van der Waals surface area contributed by atoms with Gasteiger partial charge >= 0.3 is 0 Å². The number of nitrogens with zero attached hydrogens (tertiary/aromatic N) is 6. The highest BCUT2D eigenvalue weighted by molar-refractivity contribution is 7.98. The molecule has 2 rings (SSSR count). The molecule has 2 aromatic rings. The maximum Gasteiger partial charge on any atom is 0.229 e. The van der Waals surface area contributed by atoms with Gasteiger partial charge in [-0.3, -0.25) is 0 Å². The molecule has 0 saturated heterocycles. The Balaban J connectivity index is 2.14. The zero-order valence-electron chi connectivity index (χ0n) is 11.5. The smallest absolute Gasteiger partial charge is 0.229 e. The number of nitrogens with two attached hydrogens (primary N) is 2. The molecule has 0 atom stereocenters. The first-order valence-electron chi connectivity index (χ1n) is 5.86. The van der Waals surface area contributed by atoms with Gasteiger partial charge < -0.3 is 16.4 Å². The second-order valence-corrected chi connectivity index (χ2v) is 5.25. The molecular weight excluding hydrogens is 276 g/mol. The topological polar surface area (TPSA) is 120 Å². The Bertz CT molecular complexity index is 595. The Labute approximate surface area is 121 Å². The molecule has 4 N–H and O–H groups in total. The van der Waals surface area contributed by atoms with Crippen LogP contribution >= 0.6 is 11.8 Å². The lowest BCUT2D eigenvalue weighted by molar-refractivity contribution is 0.909. The van der Waals surface area contributed by atoms with Crippen LogP contribution in [-0.4, -0.2) is 39.0 Å². The van der Waals surface area contributed by atoms with Crippen LogP contribution in [0.4, 0.5) is 17.7 Å². The zero-order valence-corrected chi connectivity index (χ0v) is 12.3. The standard InChI is InChI=1S/C11H16N8S/c1-6-4-7(12)15-11(14-6)20-5-8-16-9(13)18-10(17-8)19(2)3/h4H,5H2,1-3H3,(H2,12,14,15)(H2,13,16,17,18). The lowest BCUT2D eigenvalue weighted by Crippen LogP contribution is -2.16. The molecule has 0 saturated carbocycles. The van der Waals surface area contributed by atoms with E-state index in [2.05, 4.69) is 24.9 Å². The molecule has 0 spiro atoms. The maximum atomic E-state index is 5.68. The van der Waals surface area contributed by atoms with E-state index >= 15 is 0 Å². The van der Waals surface area contributed by atoms with Gasteiger partial charge in [-0.25, -0.2) is 9.97 Å². The molecule has 0 aliphatic rings. The van der Waals surface area contributed by atoms with Crippen LogP contribution in [0.2, 0.25) is 0 Å². The summed E-state index contributed by atoms with van der Waals surface area (Å²) in [6.07, 6.45) is 0. The van der Waals surface area contributed by atoms with Crippen molar-refractivity contribution in [1.82, 2.24) is 24.9 Å². The van der Waals surface area contributed by atoms with Crippen molar-refractivity contribution in [3.05, 3.63) is 17.6 Å². The molecule has 2 heterocycles. The average Bonchev–Trinajstić information content (AvgIpc) is 2.34. The molecule has 0 aliphatic heterocycles. The lowest BCUT2D eigenvalue weighted by Gasteiger charge is -2.11. The Morgan fingerprint density at radius 3 is 2.50 bits per heavy atom. The quantitative estimate of drug-likeness (QED) is 0.612. The van der Waals surface area contributed by atoms with Crippen molar-refractivity contribution in [3.63, 3.8) is 0 Å². The van der Waals surface area contributed by atoms with Crippen molar-refractivity contribution in [2.75, 3.05) is 30.5 Å². The fourth-order valence-electron chi connectivity index (χ4n) is 1.45. The predicted molar refractivity (Wildman–Crippen MR) is 79.3 cm³/mol. The number of hydrogen-bond donors (Lipinski definition) is 2. The number of nitrogen functional groups attached to an aromatic ring is 2. The molecule has 0 fully saturated rings. The minimum absolute atomic E-state index is 0.198. The zero-order chi connectivity index (χ0) is 14.7. The van der Waals surface area contributed by atoms with Gasteiger partial charge in [0, 0.05) is 25.9 Å². The molecule has 2 aromatic heterocycles. The minimum Gasteiger partial charge on any atom is -0.384 e. The molecule has 8 nitrogen and oxygen atoms in total. The van der Waals surface area contributed by atoms with E-state index < -0.39 is 0 Å². The summed E-state index contributed by atoms with van der Waals surface area (Å²) < 4.78 is 0. The molecule has 106 valence electrons. The van der Waals surface area contributed by atoms with E-state index in [1.807, 2.05) is 21.0 Å². The van der Waals surface area contributed by atoms with Crippen molar-refractivity contribution >= 4 is 29.5 Å². The van der Waals surface area contributed by atoms with Gasteiger partial charge in [0.1, 0.15) is 11.6 Å². The summed E-state index contributed by atoms with van der Waals surface area (Å²) in [6, 6.07) is 1.72. The third-order valence-electron chi connectivity index (χ3n) is 2.27. The van der Waals surface area contributed by atoms with Crippen LogP contribution in [-0.2, 0) is 5.75 Å². The van der Waals surface area contributed by atoms with Crippen LogP contribution in [0.3, 0.4) is 0 Å². The largest absolute Gasteiger partial charge is 0.384 e. The first kappa shape index (κ1) is 14.3. The number of hydrogen-bond acceptors (Lipinski definition) is 9. The van der Waals surface area contributed by atoms with Crippen molar-refractivity contribution in [3.8, 4) is 0 Å². The van der Waals surface area contributed by atoms with Crippen molar-refractivity contribution < 1.29 is 0 Å². The molecular formula is C11H16N8S. The van der Waals surface area contributed by atoms with Gasteiger partial charge in [0.15, 0.2) is 5.16 Å². The third kappa shape index (κ3) is 3.67. The summed E-state index contributed by atoms with van der Waals surface area (Å²) in [7, 11) is 3.69. The van der Waals surface area contributed by atoms with Crippen molar-refractivity contribution in [2.24, 2.45) is 0 Å². The molecule has 20 heavy (non-hydrogen) atoms. The highest BCUT2D eigenvalue weighted by atomic mass is 32.2. The van der Waals surface area contributed by atoms with Crippen molar-refractivity contribution in [1.29, 1.82) is 0 Å². The van der Waals surface area contributed by atoms with Crippen LogP contribution in [0.25, 0.3) is 0 Å². The van der Waals surface area contributed by atoms with Crippen molar-refractivity contribution in [2.45, 2.75) is 17.8 Å². The second kappa shape index (κ2) is 5.87. The van der Waals surface area contributed by atoms with E-state index in [-0.39, 0.29) is 5.95 Å². The minimum atomic E-state index is 0.198. The summed E-state index contributed by atoms with van der Waals surface area (Å²) in [5, 5.41) is 0.591. The number of thioether (sulfide) groups is 1. The van der Waals surface area contributed by atoms with Crippen LogP contribution in [0, 0.1) is 6.92 Å². The van der Waals surface area contributed by atoms with E-state index in [1.165, 1.54) is 11.8 Å². The van der Waals surface area contributed by atoms with Gasteiger partial charge in [0.05, 0.1) is 5.75 Å². The lowest BCUT2D eigenvalue weighted by atomic mass is 10.4. The first-order chi connectivity index (χ1) is 9.44. The molecule has 0 amide bonds. The fraction of sp³-hybridized carbons (Fsp3) is 0.364. The van der Waals surface area contributed by atoms with Gasteiger partial charge in [-0.05, 0) is 6.92 Å². The average molecular weight is 292 g/mol. The summed E-state index contributed by atoms with van der Waals surface area (Å²) in [5.74, 6) is 2.25. The Morgan fingerprint density at radius 2 is 1.85 bits per heavy atom. The van der Waals surface area contributed by atoms with Crippen LogP contribution in [0.1, 0.15) is 11.5 Å². The van der Waals surface area contributed by atoms with E-state index in [9.17, 15) is 0 Å². The van der Waals surface area contributed by atoms with Gasteiger partial charge in [-0.1, -0.05) is 11.8 Å². The summed E-state index contributed by atoms with van der Waals surface area (Å²) in [6.45, 7) is 1.87. The monoisotopic (exact) mass is 292 g/mol. The molecule has 0 aromatic carbocycles. The second-order valence-electron chi connectivity index (χ2n) is 4.31. The van der Waals surface area contributed by atoms with E-state index in [0.29, 0.717) is 28.5 Å². The number of aryl methyl sites for hydroxylation is 1. The number of anilines is 3. The van der Waals surface area contributed by atoms with Crippen LogP contribution < -0.4 is 16.4 Å². The van der Waals surface area contributed by atoms with Gasteiger partial charge in [0.2, 0.25) is 11.9 Å². The van der Waals surface area contributed by atoms with Gasteiger partial charge in [0.25, 0.3) is 0 Å². The van der Waals surface area contributed by atoms with Crippen LogP contribution in [0.15, 0.2) is 11.2 Å². The Kier molecular flexibility index (Phi) is 4.18. The first-order valence-corrected chi connectivity index (χ1v) is 6.84. The highest BCUT2D eigenvalue weighted by Gasteiger charge is 2.08. The summed E-state index contributed by atoms with van der Waals surface area (Å²) >= 11 is 1.40. The van der Waals surface area contributed by atoms with E-state index in [4.69, 9.17) is 11.5 Å². The molecule has 0 aliphatic carbocycles.